The van der Waals surface area contributed by atoms with Crippen LogP contribution in [0.25, 0.3) is 0 Å². The molecule has 0 aromatic carbocycles. The zero-order valence-corrected chi connectivity index (χ0v) is 9.38. The molecule has 1 rings (SSSR count). The molecular weight excluding hydrogens is 309 g/mol. The van der Waals surface area contributed by atoms with Crippen molar-refractivity contribution >= 4 is 0 Å². The van der Waals surface area contributed by atoms with Gasteiger partial charge >= 0.3 is 25.8 Å². The Hall–Kier alpha value is 0.930. The third-order valence-electron chi connectivity index (χ3n) is 0.655. The van der Waals surface area contributed by atoms with E-state index in [9.17, 15) is 0 Å². The van der Waals surface area contributed by atoms with Gasteiger partial charge in [-0.1, -0.05) is 24.3 Å². The summed E-state index contributed by atoms with van der Waals surface area (Å²) in [6.45, 7) is 0. The van der Waals surface area contributed by atoms with Gasteiger partial charge in [0.15, 0.2) is 0 Å². The fraction of sp³-hybridized carbons (Fsp3) is 0.200. The molecule has 0 N–H and O–H groups in total. The number of rotatable bonds is 0. The van der Waals surface area contributed by atoms with E-state index in [4.69, 9.17) is 0 Å². The molecule has 1 aliphatic rings. The van der Waals surface area contributed by atoms with E-state index in [1.807, 2.05) is 0 Å². The van der Waals surface area contributed by atoms with Crippen molar-refractivity contribution in [2.45, 2.75) is 6.42 Å². The summed E-state index contributed by atoms with van der Waals surface area (Å²) in [6, 6.07) is 0. The molecular formula is C5H6Cl2Hf. The van der Waals surface area contributed by atoms with Crippen LogP contribution in [0.2, 0.25) is 0 Å². The standard InChI is InChI=1S/C5H6.2ClH.Hf/c1-2-4-5-3-1;;;/h1-4H,5H2;2*1H;/q;;;+2/p-2. The van der Waals surface area contributed by atoms with Crippen LogP contribution in [0.4, 0.5) is 0 Å². The smallest absolute Gasteiger partial charge is 1.00 e. The van der Waals surface area contributed by atoms with Crippen LogP contribution in [-0.2, 0) is 25.8 Å². The van der Waals surface area contributed by atoms with Crippen LogP contribution in [0, 0.1) is 0 Å². The summed E-state index contributed by atoms with van der Waals surface area (Å²) in [4.78, 5) is 0. The predicted molar refractivity (Wildman–Crippen MR) is 22.9 cm³/mol. The van der Waals surface area contributed by atoms with Gasteiger partial charge in [-0.15, -0.1) is 0 Å². The molecule has 0 saturated carbocycles. The Kier molecular flexibility index (Phi) is 21.6. The Balaban J connectivity index is -0.0000000833. The van der Waals surface area contributed by atoms with Crippen LogP contribution in [0.3, 0.4) is 0 Å². The topological polar surface area (TPSA) is 0 Å². The van der Waals surface area contributed by atoms with Crippen LogP contribution in [0.5, 0.6) is 0 Å². The first-order chi connectivity index (χ1) is 2.50. The fourth-order valence-corrected chi connectivity index (χ4v) is 0.393. The first kappa shape index (κ1) is 16.0. The molecule has 0 radical (unpaired) electrons. The van der Waals surface area contributed by atoms with Crippen molar-refractivity contribution in [3.05, 3.63) is 24.3 Å². The van der Waals surface area contributed by atoms with Crippen LogP contribution >= 0.6 is 0 Å². The van der Waals surface area contributed by atoms with Gasteiger partial charge in [0.05, 0.1) is 0 Å². The van der Waals surface area contributed by atoms with E-state index in [-0.39, 0.29) is 50.7 Å². The Morgan fingerprint density at radius 3 is 1.38 bits per heavy atom. The predicted octanol–water partition coefficient (Wildman–Crippen LogP) is -4.49. The molecule has 0 atom stereocenters. The van der Waals surface area contributed by atoms with E-state index in [0.29, 0.717) is 0 Å². The van der Waals surface area contributed by atoms with Gasteiger partial charge in [0, 0.05) is 0 Å². The minimum absolute atomic E-state index is 0. The summed E-state index contributed by atoms with van der Waals surface area (Å²) < 4.78 is 0. The Labute approximate surface area is 81.0 Å². The third-order valence-corrected chi connectivity index (χ3v) is 0.655. The monoisotopic (exact) mass is 316 g/mol. The van der Waals surface area contributed by atoms with E-state index in [0.717, 1.165) is 6.42 Å². The average molecular weight is 315 g/mol. The molecule has 3 heteroatoms. The van der Waals surface area contributed by atoms with Gasteiger partial charge in [-0.3, -0.25) is 0 Å². The van der Waals surface area contributed by atoms with E-state index in [1.165, 1.54) is 0 Å². The molecule has 0 fully saturated rings. The largest absolute Gasteiger partial charge is 2.00 e. The van der Waals surface area contributed by atoms with Crippen LogP contribution in [0.15, 0.2) is 24.3 Å². The molecule has 0 spiro atoms. The second-order valence-electron chi connectivity index (χ2n) is 1.09. The minimum Gasteiger partial charge on any atom is -1.00 e. The summed E-state index contributed by atoms with van der Waals surface area (Å²) in [5.74, 6) is 0. The van der Waals surface area contributed by atoms with Crippen molar-refractivity contribution in [1.29, 1.82) is 0 Å². The number of hydrogen-bond acceptors (Lipinski definition) is 0. The Bertz CT molecular complexity index is 68.5. The maximum atomic E-state index is 2.12. The van der Waals surface area contributed by atoms with Crippen molar-refractivity contribution in [2.75, 3.05) is 0 Å². The van der Waals surface area contributed by atoms with E-state index in [2.05, 4.69) is 24.3 Å². The summed E-state index contributed by atoms with van der Waals surface area (Å²) in [6.07, 6.45) is 9.50. The molecule has 0 unspecified atom stereocenters. The molecule has 0 saturated heterocycles. The number of allylic oxidation sites excluding steroid dienone is 4. The van der Waals surface area contributed by atoms with Crippen LogP contribution < -0.4 is 24.8 Å². The quantitative estimate of drug-likeness (QED) is 0.396. The van der Waals surface area contributed by atoms with Crippen molar-refractivity contribution in [2.24, 2.45) is 0 Å². The van der Waals surface area contributed by atoms with Crippen LogP contribution in [0.1, 0.15) is 6.42 Å². The average Bonchev–Trinajstić information content (AvgIpc) is 1.76. The van der Waals surface area contributed by atoms with E-state index >= 15 is 0 Å². The molecule has 0 heterocycles. The van der Waals surface area contributed by atoms with E-state index in [1.54, 1.807) is 0 Å². The molecule has 0 aromatic rings. The number of halogens is 2. The normalized spacial score (nSPS) is 11.0. The zero-order chi connectivity index (χ0) is 3.54. The van der Waals surface area contributed by atoms with Gasteiger partial charge in [0.25, 0.3) is 0 Å². The van der Waals surface area contributed by atoms with Gasteiger partial charge < -0.3 is 24.8 Å². The minimum atomic E-state index is 0. The van der Waals surface area contributed by atoms with Crippen molar-refractivity contribution in [3.8, 4) is 0 Å². The van der Waals surface area contributed by atoms with Gasteiger partial charge in [0.2, 0.25) is 0 Å². The van der Waals surface area contributed by atoms with Gasteiger partial charge in [-0.25, -0.2) is 0 Å². The summed E-state index contributed by atoms with van der Waals surface area (Å²) in [5, 5.41) is 0. The Morgan fingerprint density at radius 2 is 1.25 bits per heavy atom. The fourth-order valence-electron chi connectivity index (χ4n) is 0.393. The van der Waals surface area contributed by atoms with Gasteiger partial charge in [0.1, 0.15) is 0 Å². The maximum Gasteiger partial charge on any atom is 2.00 e. The molecule has 0 amide bonds. The van der Waals surface area contributed by atoms with Crippen molar-refractivity contribution in [1.82, 2.24) is 0 Å². The zero-order valence-electron chi connectivity index (χ0n) is 4.27. The molecule has 0 aliphatic heterocycles. The Morgan fingerprint density at radius 1 is 0.875 bits per heavy atom. The SMILES string of the molecule is C1=CCC=C1.[Cl-].[Cl-].[Hf+2]. The first-order valence-electron chi connectivity index (χ1n) is 1.82. The van der Waals surface area contributed by atoms with Crippen molar-refractivity contribution in [3.63, 3.8) is 0 Å². The second kappa shape index (κ2) is 10.8. The molecule has 0 nitrogen and oxygen atoms in total. The molecule has 8 heavy (non-hydrogen) atoms. The molecule has 0 aromatic heterocycles. The summed E-state index contributed by atoms with van der Waals surface area (Å²) in [5.41, 5.74) is 0. The number of hydrogen-bond donors (Lipinski definition) is 0. The van der Waals surface area contributed by atoms with Gasteiger partial charge in [-0.2, -0.15) is 0 Å². The summed E-state index contributed by atoms with van der Waals surface area (Å²) >= 11 is 0. The molecule has 0 bridgehead atoms. The van der Waals surface area contributed by atoms with Crippen LogP contribution in [-0.4, -0.2) is 0 Å². The molecule has 1 aliphatic carbocycles. The van der Waals surface area contributed by atoms with Gasteiger partial charge in [-0.05, 0) is 6.42 Å². The van der Waals surface area contributed by atoms with E-state index < -0.39 is 0 Å². The second-order valence-corrected chi connectivity index (χ2v) is 1.09. The molecule has 44 valence electrons. The third kappa shape index (κ3) is 6.93. The first-order valence-corrected chi connectivity index (χ1v) is 1.82. The summed E-state index contributed by atoms with van der Waals surface area (Å²) in [7, 11) is 0. The maximum absolute atomic E-state index is 2.12. The van der Waals surface area contributed by atoms with Crippen molar-refractivity contribution < 1.29 is 50.7 Å².